The van der Waals surface area contributed by atoms with E-state index in [0.29, 0.717) is 35.8 Å². The molecule has 3 rings (SSSR count). The van der Waals surface area contributed by atoms with Gasteiger partial charge in [-0.1, -0.05) is 5.16 Å². The van der Waals surface area contributed by atoms with E-state index in [2.05, 4.69) is 5.16 Å². The van der Waals surface area contributed by atoms with Crippen molar-refractivity contribution in [2.75, 3.05) is 18.9 Å². The lowest BCUT2D eigenvalue weighted by Crippen LogP contribution is -2.15. The summed E-state index contributed by atoms with van der Waals surface area (Å²) in [6.07, 6.45) is 1.44. The van der Waals surface area contributed by atoms with Crippen LogP contribution in [0.3, 0.4) is 0 Å². The molecule has 6 nitrogen and oxygen atoms in total. The van der Waals surface area contributed by atoms with E-state index in [1.165, 1.54) is 12.3 Å². The number of phenolic OH excluding ortho intramolecular Hbond substituents is 1. The summed E-state index contributed by atoms with van der Waals surface area (Å²) in [7, 11) is 0. The van der Waals surface area contributed by atoms with Crippen LogP contribution in [0.5, 0.6) is 17.2 Å². The van der Waals surface area contributed by atoms with Gasteiger partial charge in [0.2, 0.25) is 5.88 Å². The Bertz CT molecular complexity index is 565. The lowest BCUT2D eigenvalue weighted by Gasteiger charge is -2.19. The van der Waals surface area contributed by atoms with Crippen molar-refractivity contribution >= 4 is 5.88 Å². The second kappa shape index (κ2) is 3.58. The zero-order chi connectivity index (χ0) is 11.8. The van der Waals surface area contributed by atoms with Crippen molar-refractivity contribution in [3.05, 3.63) is 18.3 Å². The molecular formula is C11H10N2O4. The maximum atomic E-state index is 9.90. The van der Waals surface area contributed by atoms with E-state index in [1.807, 2.05) is 0 Å². The quantitative estimate of drug-likeness (QED) is 0.775. The zero-order valence-corrected chi connectivity index (χ0v) is 8.84. The van der Waals surface area contributed by atoms with Gasteiger partial charge in [0.25, 0.3) is 0 Å². The van der Waals surface area contributed by atoms with Gasteiger partial charge in [0, 0.05) is 11.6 Å². The molecular weight excluding hydrogens is 224 g/mol. The first-order valence-electron chi connectivity index (χ1n) is 5.09. The molecule has 1 aliphatic heterocycles. The molecule has 3 N–H and O–H groups in total. The molecule has 1 aliphatic rings. The number of nitrogen functional groups attached to an aromatic ring is 1. The van der Waals surface area contributed by atoms with E-state index in [-0.39, 0.29) is 11.6 Å². The summed E-state index contributed by atoms with van der Waals surface area (Å²) in [5, 5.41) is 13.5. The zero-order valence-electron chi connectivity index (χ0n) is 8.84. The van der Waals surface area contributed by atoms with Crippen LogP contribution in [0.25, 0.3) is 11.1 Å². The lowest BCUT2D eigenvalue weighted by atomic mass is 10.1. The minimum Gasteiger partial charge on any atom is -0.507 e. The van der Waals surface area contributed by atoms with Gasteiger partial charge in [-0.15, -0.1) is 0 Å². The minimum absolute atomic E-state index is 0.0455. The molecule has 17 heavy (non-hydrogen) atoms. The lowest BCUT2D eigenvalue weighted by molar-refractivity contribution is 0.171. The third-order valence-corrected chi connectivity index (χ3v) is 2.55. The Hall–Kier alpha value is -2.37. The molecule has 0 fully saturated rings. The third kappa shape index (κ3) is 1.54. The molecule has 0 bridgehead atoms. The monoisotopic (exact) mass is 234 g/mol. The number of phenols is 1. The number of ether oxygens (including phenoxy) is 2. The molecule has 0 radical (unpaired) electrons. The van der Waals surface area contributed by atoms with E-state index in [1.54, 1.807) is 6.07 Å². The molecule has 1 aromatic carbocycles. The van der Waals surface area contributed by atoms with Crippen molar-refractivity contribution < 1.29 is 19.1 Å². The molecule has 0 saturated carbocycles. The fraction of sp³-hybridized carbons (Fsp3) is 0.182. The van der Waals surface area contributed by atoms with E-state index >= 15 is 0 Å². The third-order valence-electron chi connectivity index (χ3n) is 2.55. The number of aromatic nitrogens is 1. The summed E-state index contributed by atoms with van der Waals surface area (Å²) < 4.78 is 15.5. The highest BCUT2D eigenvalue weighted by molar-refractivity contribution is 5.79. The van der Waals surface area contributed by atoms with E-state index in [0.717, 1.165) is 0 Å². The maximum Gasteiger partial charge on any atom is 0.230 e. The van der Waals surface area contributed by atoms with Crippen molar-refractivity contribution in [3.8, 4) is 28.4 Å². The Morgan fingerprint density at radius 2 is 1.82 bits per heavy atom. The van der Waals surface area contributed by atoms with Gasteiger partial charge in [-0.25, -0.2) is 0 Å². The fourth-order valence-corrected chi connectivity index (χ4v) is 1.74. The van der Waals surface area contributed by atoms with Crippen LogP contribution in [-0.4, -0.2) is 23.5 Å². The molecule has 0 amide bonds. The number of anilines is 1. The van der Waals surface area contributed by atoms with Gasteiger partial charge in [0.1, 0.15) is 19.0 Å². The largest absolute Gasteiger partial charge is 0.507 e. The van der Waals surface area contributed by atoms with Crippen LogP contribution in [0.15, 0.2) is 22.9 Å². The average molecular weight is 234 g/mol. The second-order valence-corrected chi connectivity index (χ2v) is 3.62. The van der Waals surface area contributed by atoms with Crippen LogP contribution in [0.4, 0.5) is 5.88 Å². The predicted octanol–water partition coefficient (Wildman–Crippen LogP) is 1.40. The maximum absolute atomic E-state index is 9.90. The molecule has 0 aliphatic carbocycles. The summed E-state index contributed by atoms with van der Waals surface area (Å²) in [6.45, 7) is 0.956. The Balaban J connectivity index is 2.15. The number of aromatic hydroxyl groups is 1. The molecule has 0 spiro atoms. The predicted molar refractivity (Wildman–Crippen MR) is 59.0 cm³/mol. The number of nitrogens with two attached hydrogens (primary N) is 1. The summed E-state index contributed by atoms with van der Waals surface area (Å²) >= 11 is 0. The summed E-state index contributed by atoms with van der Waals surface area (Å²) in [6, 6.07) is 3.16. The molecule has 88 valence electrons. The highest BCUT2D eigenvalue weighted by Crippen LogP contribution is 2.42. The summed E-state index contributed by atoms with van der Waals surface area (Å²) in [5.41, 5.74) is 6.64. The van der Waals surface area contributed by atoms with Crippen molar-refractivity contribution in [1.29, 1.82) is 0 Å². The van der Waals surface area contributed by atoms with Crippen LogP contribution in [0, 0.1) is 0 Å². The molecule has 1 aromatic heterocycles. The van der Waals surface area contributed by atoms with Gasteiger partial charge in [-0.05, 0) is 6.07 Å². The van der Waals surface area contributed by atoms with Gasteiger partial charge in [-0.3, -0.25) is 0 Å². The minimum atomic E-state index is 0.0455. The van der Waals surface area contributed by atoms with Crippen LogP contribution in [-0.2, 0) is 0 Å². The van der Waals surface area contributed by atoms with Crippen molar-refractivity contribution in [2.45, 2.75) is 0 Å². The number of nitrogens with zero attached hydrogens (tertiary/aromatic N) is 1. The second-order valence-electron chi connectivity index (χ2n) is 3.62. The number of rotatable bonds is 1. The summed E-state index contributed by atoms with van der Waals surface area (Å²) in [5.74, 6) is 1.29. The number of hydrogen-bond acceptors (Lipinski definition) is 6. The Labute approximate surface area is 96.5 Å². The SMILES string of the molecule is Nc1oncc1-c1cc2c(cc1O)OCCO2. The van der Waals surface area contributed by atoms with Gasteiger partial charge < -0.3 is 24.8 Å². The molecule has 0 saturated heterocycles. The molecule has 2 heterocycles. The Kier molecular flexibility index (Phi) is 2.07. The fourth-order valence-electron chi connectivity index (χ4n) is 1.74. The average Bonchev–Trinajstić information content (AvgIpc) is 2.74. The van der Waals surface area contributed by atoms with Crippen LogP contribution in [0.1, 0.15) is 0 Å². The van der Waals surface area contributed by atoms with E-state index in [9.17, 15) is 5.11 Å². The number of fused-ring (bicyclic) bond motifs is 1. The molecule has 6 heteroatoms. The molecule has 0 unspecified atom stereocenters. The highest BCUT2D eigenvalue weighted by atomic mass is 16.6. The first kappa shape index (κ1) is 9.83. The summed E-state index contributed by atoms with van der Waals surface area (Å²) in [4.78, 5) is 0. The number of hydrogen-bond donors (Lipinski definition) is 2. The first-order valence-corrected chi connectivity index (χ1v) is 5.09. The van der Waals surface area contributed by atoms with Crippen molar-refractivity contribution in [2.24, 2.45) is 0 Å². The van der Waals surface area contributed by atoms with Crippen LogP contribution < -0.4 is 15.2 Å². The van der Waals surface area contributed by atoms with Crippen LogP contribution >= 0.6 is 0 Å². The van der Waals surface area contributed by atoms with Gasteiger partial charge in [0.15, 0.2) is 11.5 Å². The van der Waals surface area contributed by atoms with Gasteiger partial charge in [-0.2, -0.15) is 0 Å². The van der Waals surface area contributed by atoms with Gasteiger partial charge >= 0.3 is 0 Å². The van der Waals surface area contributed by atoms with Crippen molar-refractivity contribution in [1.82, 2.24) is 5.16 Å². The molecule has 0 atom stereocenters. The normalized spacial score (nSPS) is 13.6. The van der Waals surface area contributed by atoms with E-state index < -0.39 is 0 Å². The van der Waals surface area contributed by atoms with Crippen LogP contribution in [0.2, 0.25) is 0 Å². The Morgan fingerprint density at radius 1 is 1.12 bits per heavy atom. The smallest absolute Gasteiger partial charge is 0.230 e. The standard InChI is InChI=1S/C11H10N2O4/c12-11-7(5-13-17-11)6-3-9-10(4-8(6)14)16-2-1-15-9/h3-5,14H,1-2,12H2. The Morgan fingerprint density at radius 3 is 2.47 bits per heavy atom. The molecule has 2 aromatic rings. The highest BCUT2D eigenvalue weighted by Gasteiger charge is 2.19. The topological polar surface area (TPSA) is 90.7 Å². The van der Waals surface area contributed by atoms with E-state index in [4.69, 9.17) is 19.7 Å². The van der Waals surface area contributed by atoms with Crippen molar-refractivity contribution in [3.63, 3.8) is 0 Å². The van der Waals surface area contributed by atoms with Gasteiger partial charge in [0.05, 0.1) is 11.8 Å². The number of benzene rings is 1. The first-order chi connectivity index (χ1) is 8.25.